The molecule has 0 aliphatic heterocycles. The van der Waals surface area contributed by atoms with Crippen molar-refractivity contribution in [2.45, 2.75) is 129 Å². The van der Waals surface area contributed by atoms with Gasteiger partial charge in [-0.15, -0.1) is 0 Å². The number of aliphatic carboxylic acids is 1. The molecule has 0 aromatic heterocycles. The van der Waals surface area contributed by atoms with Crippen molar-refractivity contribution in [1.82, 2.24) is 0 Å². The maximum Gasteiger partial charge on any atom is 0.303 e. The van der Waals surface area contributed by atoms with Crippen LogP contribution >= 0.6 is 0 Å². The first-order valence-corrected chi connectivity index (χ1v) is 11.0. The van der Waals surface area contributed by atoms with E-state index < -0.39 is 12.1 Å². The van der Waals surface area contributed by atoms with Gasteiger partial charge in [-0.2, -0.15) is 0 Å². The molecule has 0 aromatic rings. The van der Waals surface area contributed by atoms with Crippen molar-refractivity contribution in [2.75, 3.05) is 0 Å². The molecule has 0 amide bonds. The minimum Gasteiger partial charge on any atom is -0.481 e. The summed E-state index contributed by atoms with van der Waals surface area (Å²) in [4.78, 5) is 10.4. The first-order chi connectivity index (χ1) is 12.5. The molecule has 0 rings (SSSR count). The summed E-state index contributed by atoms with van der Waals surface area (Å²) in [5, 5.41) is 25.4. The van der Waals surface area contributed by atoms with Crippen LogP contribution in [0.3, 0.4) is 0 Å². The van der Waals surface area contributed by atoms with Gasteiger partial charge in [-0.25, -0.2) is 0 Å². The second-order valence-electron chi connectivity index (χ2n) is 7.79. The number of carbonyl (C=O) groups is 1. The molecule has 0 fully saturated rings. The van der Waals surface area contributed by atoms with Gasteiger partial charge in [0.2, 0.25) is 0 Å². The van der Waals surface area contributed by atoms with E-state index in [0.717, 1.165) is 25.7 Å². The molecule has 0 aliphatic carbocycles. The zero-order valence-corrected chi connectivity index (χ0v) is 17.1. The molecule has 0 bridgehead atoms. The van der Waals surface area contributed by atoms with E-state index >= 15 is 0 Å². The van der Waals surface area contributed by atoms with E-state index in [9.17, 15) is 9.90 Å². The third-order valence-electron chi connectivity index (χ3n) is 5.12. The monoisotopic (exact) mass is 369 g/mol. The third kappa shape index (κ3) is 19.4. The molecule has 0 aromatic carbocycles. The number of rotatable bonds is 20. The Labute approximate surface area is 161 Å². The second kappa shape index (κ2) is 18.9. The van der Waals surface area contributed by atoms with E-state index in [0.29, 0.717) is 12.1 Å². The fourth-order valence-electron chi connectivity index (χ4n) is 3.31. The summed E-state index contributed by atoms with van der Waals surface area (Å²) in [6.45, 7) is 1.68. The van der Waals surface area contributed by atoms with E-state index in [1.54, 1.807) is 6.92 Å². The third-order valence-corrected chi connectivity index (χ3v) is 5.12. The zero-order chi connectivity index (χ0) is 19.5. The highest BCUT2D eigenvalue weighted by Crippen LogP contribution is 2.14. The molecule has 0 heterocycles. The largest absolute Gasteiger partial charge is 0.481 e. The van der Waals surface area contributed by atoms with Gasteiger partial charge >= 0.3 is 5.97 Å². The number of aliphatic hydroxyl groups excluding tert-OH is 1. The number of nitrogens with one attached hydrogen (secondary N) is 1. The van der Waals surface area contributed by atoms with Crippen LogP contribution in [0.15, 0.2) is 0 Å². The highest BCUT2D eigenvalue weighted by Gasteiger charge is 2.04. The van der Waals surface area contributed by atoms with Crippen LogP contribution in [0, 0.1) is 5.41 Å². The SMILES string of the molecule is CC(=N)C(O)CCCCCCCCCCCCCCCCCCC(=O)O. The lowest BCUT2D eigenvalue weighted by atomic mass is 10.0. The first-order valence-electron chi connectivity index (χ1n) is 11.0. The second-order valence-corrected chi connectivity index (χ2v) is 7.79. The minimum absolute atomic E-state index is 0.327. The lowest BCUT2D eigenvalue weighted by molar-refractivity contribution is -0.137. The summed E-state index contributed by atoms with van der Waals surface area (Å²) in [7, 11) is 0. The van der Waals surface area contributed by atoms with Crippen LogP contribution in [-0.2, 0) is 4.79 Å². The topological polar surface area (TPSA) is 81.4 Å². The molecule has 1 atom stereocenters. The van der Waals surface area contributed by atoms with E-state index in [2.05, 4.69) is 0 Å². The zero-order valence-electron chi connectivity index (χ0n) is 17.1. The van der Waals surface area contributed by atoms with Crippen LogP contribution in [0.4, 0.5) is 0 Å². The van der Waals surface area contributed by atoms with Crippen molar-refractivity contribution >= 4 is 11.7 Å². The summed E-state index contributed by atoms with van der Waals surface area (Å²) in [6, 6.07) is 0. The maximum atomic E-state index is 10.4. The standard InChI is InChI=1S/C22H43NO3/c1-20(23)21(24)18-16-14-12-10-8-6-4-2-3-5-7-9-11-13-15-17-19-22(25)26/h21,23-24H,2-19H2,1H3,(H,25,26). The Bertz CT molecular complexity index is 344. The van der Waals surface area contributed by atoms with Crippen LogP contribution in [0.2, 0.25) is 0 Å². The fourth-order valence-corrected chi connectivity index (χ4v) is 3.31. The smallest absolute Gasteiger partial charge is 0.303 e. The summed E-state index contributed by atoms with van der Waals surface area (Å²) in [5.74, 6) is -0.668. The number of carboxylic acid groups (broad SMARTS) is 1. The Balaban J connectivity index is 3.07. The van der Waals surface area contributed by atoms with Crippen LogP contribution in [0.1, 0.15) is 122 Å². The molecule has 0 saturated heterocycles. The van der Waals surface area contributed by atoms with Crippen molar-refractivity contribution in [3.63, 3.8) is 0 Å². The Morgan fingerprint density at radius 2 is 1.00 bits per heavy atom. The van der Waals surface area contributed by atoms with Gasteiger partial charge in [-0.3, -0.25) is 4.79 Å². The summed E-state index contributed by atoms with van der Waals surface area (Å²) >= 11 is 0. The molecule has 3 N–H and O–H groups in total. The highest BCUT2D eigenvalue weighted by atomic mass is 16.4. The molecule has 0 radical (unpaired) electrons. The van der Waals surface area contributed by atoms with Crippen LogP contribution in [0.5, 0.6) is 0 Å². The van der Waals surface area contributed by atoms with Gasteiger partial charge < -0.3 is 15.6 Å². The molecule has 4 nitrogen and oxygen atoms in total. The molecular weight excluding hydrogens is 326 g/mol. The molecular formula is C22H43NO3. The van der Waals surface area contributed by atoms with E-state index in [4.69, 9.17) is 10.5 Å². The van der Waals surface area contributed by atoms with Crippen molar-refractivity contribution in [3.8, 4) is 0 Å². The number of unbranched alkanes of at least 4 members (excludes halogenated alkanes) is 15. The average Bonchev–Trinajstić information content (AvgIpc) is 2.60. The predicted octanol–water partition coefficient (Wildman–Crippen LogP) is 6.49. The van der Waals surface area contributed by atoms with Gasteiger partial charge in [0.05, 0.1) is 6.10 Å². The van der Waals surface area contributed by atoms with Crippen LogP contribution < -0.4 is 0 Å². The predicted molar refractivity (Wildman–Crippen MR) is 110 cm³/mol. The van der Waals surface area contributed by atoms with Crippen molar-refractivity contribution < 1.29 is 15.0 Å². The van der Waals surface area contributed by atoms with E-state index in [-0.39, 0.29) is 0 Å². The number of hydrogen-bond donors (Lipinski definition) is 3. The normalized spacial score (nSPS) is 12.2. The average molecular weight is 370 g/mol. The van der Waals surface area contributed by atoms with Crippen molar-refractivity contribution in [2.24, 2.45) is 0 Å². The first kappa shape index (κ1) is 25.1. The molecule has 4 heteroatoms. The molecule has 0 aliphatic rings. The Morgan fingerprint density at radius 3 is 1.31 bits per heavy atom. The number of aliphatic hydroxyl groups is 1. The molecule has 0 spiro atoms. The Hall–Kier alpha value is -0.900. The summed E-state index contributed by atoms with van der Waals surface area (Å²) in [6.07, 6.45) is 20.5. The van der Waals surface area contributed by atoms with Gasteiger partial charge in [0.15, 0.2) is 0 Å². The highest BCUT2D eigenvalue weighted by molar-refractivity contribution is 5.82. The van der Waals surface area contributed by atoms with Gasteiger partial charge in [-0.05, 0) is 19.8 Å². The molecule has 154 valence electrons. The van der Waals surface area contributed by atoms with Gasteiger partial charge in [0, 0.05) is 12.1 Å². The summed E-state index contributed by atoms with van der Waals surface area (Å²) < 4.78 is 0. The lowest BCUT2D eigenvalue weighted by Crippen LogP contribution is -2.15. The number of hydrogen-bond acceptors (Lipinski definition) is 3. The van der Waals surface area contributed by atoms with Gasteiger partial charge in [0.1, 0.15) is 0 Å². The molecule has 0 saturated carbocycles. The Morgan fingerprint density at radius 1 is 0.692 bits per heavy atom. The quantitative estimate of drug-likeness (QED) is 0.169. The fraction of sp³-hybridized carbons (Fsp3) is 0.909. The minimum atomic E-state index is -0.668. The van der Waals surface area contributed by atoms with E-state index in [1.165, 1.54) is 83.5 Å². The van der Waals surface area contributed by atoms with Crippen LogP contribution in [-0.4, -0.2) is 28.0 Å². The van der Waals surface area contributed by atoms with Gasteiger partial charge in [-0.1, -0.05) is 96.3 Å². The van der Waals surface area contributed by atoms with Crippen LogP contribution in [0.25, 0.3) is 0 Å². The molecule has 1 unspecified atom stereocenters. The van der Waals surface area contributed by atoms with Gasteiger partial charge in [0.25, 0.3) is 0 Å². The number of carboxylic acids is 1. The van der Waals surface area contributed by atoms with Crippen molar-refractivity contribution in [3.05, 3.63) is 0 Å². The van der Waals surface area contributed by atoms with Crippen molar-refractivity contribution in [1.29, 1.82) is 5.41 Å². The summed E-state index contributed by atoms with van der Waals surface area (Å²) in [5.41, 5.74) is 0.390. The maximum absolute atomic E-state index is 10.4. The lowest BCUT2D eigenvalue weighted by Gasteiger charge is -2.08. The Kier molecular flexibility index (Phi) is 18.2. The molecule has 26 heavy (non-hydrogen) atoms. The van der Waals surface area contributed by atoms with E-state index in [1.807, 2.05) is 0 Å².